The second kappa shape index (κ2) is 11.6. The van der Waals surface area contributed by atoms with Crippen molar-refractivity contribution in [1.82, 2.24) is 15.4 Å². The average molecular weight is 521 g/mol. The van der Waals surface area contributed by atoms with Gasteiger partial charge < -0.3 is 19.5 Å². The molecule has 37 heavy (non-hydrogen) atoms. The van der Waals surface area contributed by atoms with Crippen molar-refractivity contribution in [2.24, 2.45) is 0 Å². The number of carbonyl (C=O) groups is 1. The van der Waals surface area contributed by atoms with Gasteiger partial charge in [0.05, 0.1) is 5.69 Å². The van der Waals surface area contributed by atoms with Gasteiger partial charge in [0.1, 0.15) is 28.6 Å². The molecule has 1 aliphatic heterocycles. The third-order valence-corrected chi connectivity index (χ3v) is 6.13. The van der Waals surface area contributed by atoms with E-state index in [9.17, 15) is 22.4 Å². The number of nitrogens with one attached hydrogen (secondary N) is 1. The van der Waals surface area contributed by atoms with E-state index in [1.54, 1.807) is 49.4 Å². The first-order valence-corrected chi connectivity index (χ1v) is 12.0. The highest BCUT2D eigenvalue weighted by atomic mass is 19.4. The van der Waals surface area contributed by atoms with Crippen LogP contribution in [0.1, 0.15) is 22.5 Å². The van der Waals surface area contributed by atoms with Crippen molar-refractivity contribution in [3.63, 3.8) is 0 Å². The predicted octanol–water partition coefficient (Wildman–Crippen LogP) is 4.67. The third-order valence-electron chi connectivity index (χ3n) is 6.13. The number of hydrogen-bond donors (Lipinski definition) is 1. The molecule has 1 amide bonds. The van der Waals surface area contributed by atoms with Gasteiger partial charge in [-0.05, 0) is 44.2 Å². The number of amides is 1. The Labute approximate surface area is 212 Å². The fourth-order valence-electron chi connectivity index (χ4n) is 4.28. The van der Waals surface area contributed by atoms with Gasteiger partial charge in [0.15, 0.2) is 6.61 Å². The summed E-state index contributed by atoms with van der Waals surface area (Å²) in [5, 5.41) is 6.73. The van der Waals surface area contributed by atoms with Crippen LogP contribution in [0.15, 0.2) is 53.1 Å². The Bertz CT molecular complexity index is 1210. The van der Waals surface area contributed by atoms with Crippen molar-refractivity contribution >= 4 is 11.6 Å². The molecule has 0 radical (unpaired) electrons. The molecular formula is C26H28F4N4O3. The molecule has 3 aromatic rings. The van der Waals surface area contributed by atoms with Crippen LogP contribution in [0.4, 0.5) is 23.2 Å². The molecular weight excluding hydrogens is 492 g/mol. The number of anilines is 1. The van der Waals surface area contributed by atoms with Crippen molar-refractivity contribution < 1.29 is 31.6 Å². The van der Waals surface area contributed by atoms with E-state index in [-0.39, 0.29) is 28.5 Å². The molecule has 2 heterocycles. The van der Waals surface area contributed by atoms with Crippen molar-refractivity contribution in [1.29, 1.82) is 0 Å². The predicted molar refractivity (Wildman–Crippen MR) is 130 cm³/mol. The van der Waals surface area contributed by atoms with E-state index in [0.717, 1.165) is 19.6 Å². The van der Waals surface area contributed by atoms with Gasteiger partial charge in [-0.1, -0.05) is 29.4 Å². The molecule has 1 aromatic heterocycles. The van der Waals surface area contributed by atoms with Crippen LogP contribution in [-0.2, 0) is 0 Å². The topological polar surface area (TPSA) is 70.8 Å². The highest BCUT2D eigenvalue weighted by Crippen LogP contribution is 2.30. The molecule has 0 spiro atoms. The molecule has 0 unspecified atom stereocenters. The maximum atomic E-state index is 14.2. The van der Waals surface area contributed by atoms with Crippen LogP contribution in [-0.4, -0.2) is 68.0 Å². The minimum absolute atomic E-state index is 0.170. The summed E-state index contributed by atoms with van der Waals surface area (Å²) in [6, 6.07) is 12.8. The summed E-state index contributed by atoms with van der Waals surface area (Å²) in [6.07, 6.45) is -3.70. The summed E-state index contributed by atoms with van der Waals surface area (Å²) in [5.41, 5.74) is 1.23. The number of ether oxygens (including phenoxy) is 1. The number of halogens is 4. The molecule has 2 aromatic carbocycles. The quantitative estimate of drug-likeness (QED) is 0.327. The minimum Gasteiger partial charge on any atom is -0.482 e. The number of rotatable bonds is 9. The third kappa shape index (κ3) is 6.79. The standard InChI is InChI=1S/C26H28F4N4O3/c1-18-23(24(32-37-18)19-7-2-3-8-20(19)27)25(35)31-11-6-12-33-13-15-34(16-14-33)21-9-4-5-10-22(21)36-17-26(28,29)30/h2-5,7-10H,6,11-17H2,1H3,(H,31,35). The Balaban J connectivity index is 1.25. The van der Waals surface area contributed by atoms with Crippen LogP contribution in [0.2, 0.25) is 0 Å². The first-order chi connectivity index (χ1) is 17.7. The average Bonchev–Trinajstić information content (AvgIpc) is 3.27. The largest absolute Gasteiger partial charge is 0.482 e. The Hall–Kier alpha value is -3.60. The zero-order valence-electron chi connectivity index (χ0n) is 20.4. The summed E-state index contributed by atoms with van der Waals surface area (Å²) in [5.74, 6) is -0.336. The summed E-state index contributed by atoms with van der Waals surface area (Å²) in [4.78, 5) is 17.0. The summed E-state index contributed by atoms with van der Waals surface area (Å²) >= 11 is 0. The number of carbonyl (C=O) groups excluding carboxylic acids is 1. The van der Waals surface area contributed by atoms with E-state index in [2.05, 4.69) is 15.4 Å². The maximum Gasteiger partial charge on any atom is 0.422 e. The van der Waals surface area contributed by atoms with E-state index in [1.165, 1.54) is 6.07 Å². The SMILES string of the molecule is Cc1onc(-c2ccccc2F)c1C(=O)NCCCN1CCN(c2ccccc2OCC(F)(F)F)CC1. The van der Waals surface area contributed by atoms with Gasteiger partial charge in [0, 0.05) is 38.3 Å². The minimum atomic E-state index is -4.40. The molecule has 1 fully saturated rings. The van der Waals surface area contributed by atoms with Crippen LogP contribution in [0.25, 0.3) is 11.3 Å². The van der Waals surface area contributed by atoms with Crippen LogP contribution in [0, 0.1) is 12.7 Å². The number of hydrogen-bond acceptors (Lipinski definition) is 6. The lowest BCUT2D eigenvalue weighted by Crippen LogP contribution is -2.47. The number of piperazine rings is 1. The van der Waals surface area contributed by atoms with Gasteiger partial charge in [-0.3, -0.25) is 9.69 Å². The van der Waals surface area contributed by atoms with Crippen LogP contribution in [0.3, 0.4) is 0 Å². The Morgan fingerprint density at radius 3 is 2.51 bits per heavy atom. The van der Waals surface area contributed by atoms with E-state index in [1.807, 2.05) is 4.90 Å². The molecule has 0 saturated carbocycles. The van der Waals surface area contributed by atoms with Crippen LogP contribution < -0.4 is 15.0 Å². The van der Waals surface area contributed by atoms with E-state index < -0.39 is 18.6 Å². The molecule has 0 bridgehead atoms. The Morgan fingerprint density at radius 1 is 1.08 bits per heavy atom. The normalized spacial score (nSPS) is 14.6. The van der Waals surface area contributed by atoms with Crippen molar-refractivity contribution in [2.45, 2.75) is 19.5 Å². The fourth-order valence-corrected chi connectivity index (χ4v) is 4.28. The zero-order valence-corrected chi connectivity index (χ0v) is 20.4. The maximum absolute atomic E-state index is 14.2. The lowest BCUT2D eigenvalue weighted by molar-refractivity contribution is -0.153. The molecule has 0 atom stereocenters. The molecule has 0 aliphatic carbocycles. The summed E-state index contributed by atoms with van der Waals surface area (Å²) in [6.45, 7) is 4.17. The first-order valence-electron chi connectivity index (χ1n) is 12.0. The van der Waals surface area contributed by atoms with Gasteiger partial charge in [-0.15, -0.1) is 0 Å². The summed E-state index contributed by atoms with van der Waals surface area (Å²) in [7, 11) is 0. The van der Waals surface area contributed by atoms with E-state index in [4.69, 9.17) is 9.26 Å². The van der Waals surface area contributed by atoms with E-state index >= 15 is 0 Å². The fraction of sp³-hybridized carbons (Fsp3) is 0.385. The Morgan fingerprint density at radius 2 is 1.78 bits per heavy atom. The molecule has 1 saturated heterocycles. The number of para-hydroxylation sites is 2. The zero-order chi connectivity index (χ0) is 26.4. The number of alkyl halides is 3. The van der Waals surface area contributed by atoms with Gasteiger partial charge in [-0.2, -0.15) is 13.2 Å². The molecule has 7 nitrogen and oxygen atoms in total. The first kappa shape index (κ1) is 26.5. The molecule has 4 rings (SSSR count). The highest BCUT2D eigenvalue weighted by molar-refractivity contribution is 6.00. The molecule has 11 heteroatoms. The second-order valence-electron chi connectivity index (χ2n) is 8.75. The molecule has 198 valence electrons. The molecule has 1 aliphatic rings. The second-order valence-corrected chi connectivity index (χ2v) is 8.75. The number of nitrogens with zero attached hydrogens (tertiary/aromatic N) is 3. The lowest BCUT2D eigenvalue weighted by Gasteiger charge is -2.36. The van der Waals surface area contributed by atoms with Crippen molar-refractivity contribution in [3.8, 4) is 17.0 Å². The summed E-state index contributed by atoms with van der Waals surface area (Å²) < 4.78 is 62.1. The highest BCUT2D eigenvalue weighted by Gasteiger charge is 2.29. The van der Waals surface area contributed by atoms with Crippen LogP contribution in [0.5, 0.6) is 5.75 Å². The van der Waals surface area contributed by atoms with Gasteiger partial charge in [0.25, 0.3) is 5.91 Å². The van der Waals surface area contributed by atoms with Gasteiger partial charge in [0.2, 0.25) is 0 Å². The van der Waals surface area contributed by atoms with E-state index in [0.29, 0.717) is 37.5 Å². The van der Waals surface area contributed by atoms with Gasteiger partial charge in [-0.25, -0.2) is 4.39 Å². The number of benzene rings is 2. The monoisotopic (exact) mass is 520 g/mol. The van der Waals surface area contributed by atoms with Crippen molar-refractivity contribution in [3.05, 3.63) is 65.7 Å². The van der Waals surface area contributed by atoms with Crippen LogP contribution >= 0.6 is 0 Å². The Kier molecular flexibility index (Phi) is 8.32. The smallest absolute Gasteiger partial charge is 0.422 e. The lowest BCUT2D eigenvalue weighted by atomic mass is 10.1. The number of aryl methyl sites for hydroxylation is 1. The van der Waals surface area contributed by atoms with Gasteiger partial charge >= 0.3 is 6.18 Å². The number of aromatic nitrogens is 1. The molecule has 1 N–H and O–H groups in total. The van der Waals surface area contributed by atoms with Crippen molar-refractivity contribution in [2.75, 3.05) is 50.8 Å².